The smallest absolute Gasteiger partial charge is 0.251 e. The van der Waals surface area contributed by atoms with E-state index in [-0.39, 0.29) is 11.9 Å². The summed E-state index contributed by atoms with van der Waals surface area (Å²) in [7, 11) is 0. The lowest BCUT2D eigenvalue weighted by Crippen LogP contribution is -2.30. The minimum atomic E-state index is -0.178. The minimum absolute atomic E-state index is 0.101. The van der Waals surface area contributed by atoms with E-state index >= 15 is 0 Å². The first-order valence-electron chi connectivity index (χ1n) is 8.41. The van der Waals surface area contributed by atoms with Crippen LogP contribution >= 0.6 is 0 Å². The Kier molecular flexibility index (Phi) is 6.44. The Morgan fingerprint density at radius 1 is 1.17 bits per heavy atom. The molecule has 0 saturated heterocycles. The van der Waals surface area contributed by atoms with Crippen LogP contribution < -0.4 is 5.32 Å². The van der Waals surface area contributed by atoms with Gasteiger partial charge in [0, 0.05) is 30.5 Å². The van der Waals surface area contributed by atoms with Crippen molar-refractivity contribution in [3.63, 3.8) is 0 Å². The van der Waals surface area contributed by atoms with E-state index in [2.05, 4.69) is 41.0 Å². The molecule has 0 aliphatic carbocycles. The summed E-state index contributed by atoms with van der Waals surface area (Å²) in [4.78, 5) is 23.0. The monoisotopic (exact) mass is 326 g/mol. The number of amides is 1. The van der Waals surface area contributed by atoms with Gasteiger partial charge in [0.25, 0.3) is 5.91 Å². The molecule has 0 saturated carbocycles. The first-order chi connectivity index (χ1) is 11.5. The Morgan fingerprint density at radius 3 is 2.42 bits per heavy atom. The number of aromatic nitrogens is 2. The molecule has 1 aromatic heterocycles. The average Bonchev–Trinajstić information content (AvgIpc) is 2.60. The third-order valence-electron chi connectivity index (χ3n) is 4.11. The maximum absolute atomic E-state index is 12.4. The fourth-order valence-electron chi connectivity index (χ4n) is 2.54. The van der Waals surface area contributed by atoms with Crippen molar-refractivity contribution in [2.45, 2.75) is 46.3 Å². The summed E-state index contributed by atoms with van der Waals surface area (Å²) in [5, 5.41) is 2.95. The molecule has 5 nitrogen and oxygen atoms in total. The Morgan fingerprint density at radius 2 is 1.88 bits per heavy atom. The fourth-order valence-corrected chi connectivity index (χ4v) is 2.54. The molecule has 1 aromatic carbocycles. The lowest BCUT2D eigenvalue weighted by Gasteiger charge is -2.24. The molecule has 0 aliphatic rings. The van der Waals surface area contributed by atoms with Crippen LogP contribution in [0, 0.1) is 0 Å². The maximum atomic E-state index is 12.4. The van der Waals surface area contributed by atoms with Crippen molar-refractivity contribution in [2.24, 2.45) is 0 Å². The molecule has 0 radical (unpaired) electrons. The number of nitrogens with zero attached hydrogens (tertiary/aromatic N) is 3. The first kappa shape index (κ1) is 18.1. The molecule has 1 N–H and O–H groups in total. The normalized spacial score (nSPS) is 12.4. The standard InChI is InChI=1S/C19H26N4O/c1-5-23(14(2)3)13-16-6-8-17(9-7-16)19(24)22-15(4)18-12-20-10-11-21-18/h6-12,14-15H,5,13H2,1-4H3,(H,22,24)/t15-/m0/s1. The zero-order valence-corrected chi connectivity index (χ0v) is 14.9. The number of hydrogen-bond donors (Lipinski definition) is 1. The highest BCUT2D eigenvalue weighted by atomic mass is 16.1. The van der Waals surface area contributed by atoms with Gasteiger partial charge in [0.2, 0.25) is 0 Å². The van der Waals surface area contributed by atoms with Crippen LogP contribution in [0.5, 0.6) is 0 Å². The van der Waals surface area contributed by atoms with Gasteiger partial charge < -0.3 is 5.32 Å². The van der Waals surface area contributed by atoms with Gasteiger partial charge in [0.05, 0.1) is 17.9 Å². The largest absolute Gasteiger partial charge is 0.344 e. The van der Waals surface area contributed by atoms with Crippen molar-refractivity contribution >= 4 is 5.91 Å². The van der Waals surface area contributed by atoms with Gasteiger partial charge in [-0.05, 0) is 45.0 Å². The van der Waals surface area contributed by atoms with Crippen LogP contribution in [-0.2, 0) is 6.54 Å². The number of rotatable bonds is 7. The lowest BCUT2D eigenvalue weighted by atomic mass is 10.1. The fraction of sp³-hybridized carbons (Fsp3) is 0.421. The summed E-state index contributed by atoms with van der Waals surface area (Å²) in [6, 6.07) is 8.12. The summed E-state index contributed by atoms with van der Waals surface area (Å²) < 4.78 is 0. The van der Waals surface area contributed by atoms with Gasteiger partial charge in [-0.15, -0.1) is 0 Å². The molecule has 0 unspecified atom stereocenters. The third-order valence-corrected chi connectivity index (χ3v) is 4.11. The molecule has 5 heteroatoms. The summed E-state index contributed by atoms with van der Waals surface area (Å²) in [5.41, 5.74) is 2.61. The van der Waals surface area contributed by atoms with Crippen molar-refractivity contribution in [1.82, 2.24) is 20.2 Å². The van der Waals surface area contributed by atoms with Crippen LogP contribution in [0.1, 0.15) is 55.4 Å². The van der Waals surface area contributed by atoms with Crippen molar-refractivity contribution < 1.29 is 4.79 Å². The highest BCUT2D eigenvalue weighted by Gasteiger charge is 2.13. The third kappa shape index (κ3) is 4.86. The summed E-state index contributed by atoms with van der Waals surface area (Å²) in [6.45, 7) is 10.4. The number of benzene rings is 1. The Hall–Kier alpha value is -2.27. The van der Waals surface area contributed by atoms with Gasteiger partial charge in [0.15, 0.2) is 0 Å². The first-order valence-corrected chi connectivity index (χ1v) is 8.41. The molecule has 0 bridgehead atoms. The molecule has 24 heavy (non-hydrogen) atoms. The van der Waals surface area contributed by atoms with E-state index in [9.17, 15) is 4.79 Å². The van der Waals surface area contributed by atoms with E-state index in [0.29, 0.717) is 11.6 Å². The SMILES string of the molecule is CCN(Cc1ccc(C(=O)N[C@@H](C)c2cnccn2)cc1)C(C)C. The number of nitrogens with one attached hydrogen (secondary N) is 1. The highest BCUT2D eigenvalue weighted by Crippen LogP contribution is 2.12. The average molecular weight is 326 g/mol. The van der Waals surface area contributed by atoms with Crippen LogP contribution in [-0.4, -0.2) is 33.4 Å². The number of carbonyl (C=O) groups excluding carboxylic acids is 1. The van der Waals surface area contributed by atoms with Crippen LogP contribution in [0.25, 0.3) is 0 Å². The summed E-state index contributed by atoms with van der Waals surface area (Å²) >= 11 is 0. The molecule has 0 spiro atoms. The predicted octanol–water partition coefficient (Wildman–Crippen LogP) is 3.20. The Balaban J connectivity index is 1.98. The molecule has 1 heterocycles. The van der Waals surface area contributed by atoms with E-state index in [4.69, 9.17) is 0 Å². The number of carbonyl (C=O) groups is 1. The topological polar surface area (TPSA) is 58.1 Å². The van der Waals surface area contributed by atoms with E-state index in [1.165, 1.54) is 5.56 Å². The number of hydrogen-bond acceptors (Lipinski definition) is 4. The molecule has 2 rings (SSSR count). The summed E-state index contributed by atoms with van der Waals surface area (Å²) in [6.07, 6.45) is 4.91. The molecular formula is C19H26N4O. The van der Waals surface area contributed by atoms with Crippen LogP contribution in [0.3, 0.4) is 0 Å². The van der Waals surface area contributed by atoms with Crippen molar-refractivity contribution in [3.8, 4) is 0 Å². The predicted molar refractivity (Wildman–Crippen MR) is 95.6 cm³/mol. The Bertz CT molecular complexity index is 640. The molecule has 0 fully saturated rings. The van der Waals surface area contributed by atoms with E-state index < -0.39 is 0 Å². The van der Waals surface area contributed by atoms with Gasteiger partial charge in [-0.1, -0.05) is 19.1 Å². The van der Waals surface area contributed by atoms with Crippen LogP contribution in [0.4, 0.5) is 0 Å². The molecule has 2 aromatic rings. The maximum Gasteiger partial charge on any atom is 0.251 e. The Labute approximate surface area is 144 Å². The van der Waals surface area contributed by atoms with Crippen molar-refractivity contribution in [1.29, 1.82) is 0 Å². The molecule has 1 atom stereocenters. The molecule has 1 amide bonds. The van der Waals surface area contributed by atoms with Crippen LogP contribution in [0.15, 0.2) is 42.9 Å². The molecule has 0 aliphatic heterocycles. The minimum Gasteiger partial charge on any atom is -0.344 e. The van der Waals surface area contributed by atoms with Crippen LogP contribution in [0.2, 0.25) is 0 Å². The molecular weight excluding hydrogens is 300 g/mol. The molecule has 128 valence electrons. The van der Waals surface area contributed by atoms with Gasteiger partial charge in [-0.3, -0.25) is 19.7 Å². The van der Waals surface area contributed by atoms with Gasteiger partial charge in [-0.25, -0.2) is 0 Å². The highest BCUT2D eigenvalue weighted by molar-refractivity contribution is 5.94. The second kappa shape index (κ2) is 8.55. The van der Waals surface area contributed by atoms with E-state index in [0.717, 1.165) is 18.8 Å². The zero-order valence-electron chi connectivity index (χ0n) is 14.9. The zero-order chi connectivity index (χ0) is 17.5. The van der Waals surface area contributed by atoms with Gasteiger partial charge in [-0.2, -0.15) is 0 Å². The van der Waals surface area contributed by atoms with E-state index in [1.807, 2.05) is 31.2 Å². The second-order valence-electron chi connectivity index (χ2n) is 6.18. The summed E-state index contributed by atoms with van der Waals surface area (Å²) in [5.74, 6) is -0.101. The van der Waals surface area contributed by atoms with Crippen molar-refractivity contribution in [3.05, 3.63) is 59.7 Å². The van der Waals surface area contributed by atoms with E-state index in [1.54, 1.807) is 18.6 Å². The lowest BCUT2D eigenvalue weighted by molar-refractivity contribution is 0.0939. The quantitative estimate of drug-likeness (QED) is 0.849. The second-order valence-corrected chi connectivity index (χ2v) is 6.18. The van der Waals surface area contributed by atoms with Crippen molar-refractivity contribution in [2.75, 3.05) is 6.54 Å². The van der Waals surface area contributed by atoms with Gasteiger partial charge >= 0.3 is 0 Å². The van der Waals surface area contributed by atoms with Gasteiger partial charge in [0.1, 0.15) is 0 Å².